The minimum atomic E-state index is -3.27. The van der Waals surface area contributed by atoms with E-state index in [4.69, 9.17) is 4.52 Å². The fourth-order valence-electron chi connectivity index (χ4n) is 4.66. The summed E-state index contributed by atoms with van der Waals surface area (Å²) in [5.41, 5.74) is 5.02. The second kappa shape index (κ2) is 10.6. The topological polar surface area (TPSA) is 105 Å². The molecule has 37 heavy (non-hydrogen) atoms. The fraction of sp³-hybridized carbons (Fsp3) is 0.407. The van der Waals surface area contributed by atoms with Crippen molar-refractivity contribution in [3.63, 3.8) is 0 Å². The zero-order chi connectivity index (χ0) is 26.9. The van der Waals surface area contributed by atoms with Crippen LogP contribution in [0.15, 0.2) is 40.9 Å². The van der Waals surface area contributed by atoms with Crippen LogP contribution >= 0.6 is 0 Å². The summed E-state index contributed by atoms with van der Waals surface area (Å²) in [5.74, 6) is -0.234. The van der Waals surface area contributed by atoms with Gasteiger partial charge in [-0.05, 0) is 68.5 Å². The summed E-state index contributed by atoms with van der Waals surface area (Å²) in [4.78, 5) is 13.2. The van der Waals surface area contributed by atoms with Gasteiger partial charge in [-0.1, -0.05) is 30.3 Å². The van der Waals surface area contributed by atoms with E-state index in [0.717, 1.165) is 22.4 Å². The van der Waals surface area contributed by atoms with Crippen LogP contribution < -0.4 is 10.6 Å². The van der Waals surface area contributed by atoms with Crippen LogP contribution in [-0.4, -0.2) is 49.2 Å². The zero-order valence-corrected chi connectivity index (χ0v) is 22.6. The van der Waals surface area contributed by atoms with Crippen molar-refractivity contribution in [1.82, 2.24) is 9.46 Å². The third kappa shape index (κ3) is 6.19. The number of carbonyl (C=O) groups excluding carboxylic acids is 1. The molecule has 3 aromatic rings. The quantitative estimate of drug-likeness (QED) is 0.440. The standard InChI is InChI=1S/C27H33FN4O4S/c1-16-6-7-20(13-23(16)28)12-17(2)27(33)30-25-14-21(26-18(3)31-36-19(26)4)8-9-24(25)29-22-10-11-32(15-22)37(5,34)35/h6-9,13-14,17,22,29H,10-12,15H2,1-5H3,(H,30,33)/t17-,22+/m1/s1. The van der Waals surface area contributed by atoms with Gasteiger partial charge in [0.15, 0.2) is 0 Å². The molecule has 8 nitrogen and oxygen atoms in total. The predicted molar refractivity (Wildman–Crippen MR) is 142 cm³/mol. The smallest absolute Gasteiger partial charge is 0.227 e. The Morgan fingerprint density at radius 3 is 2.57 bits per heavy atom. The van der Waals surface area contributed by atoms with Gasteiger partial charge < -0.3 is 15.2 Å². The first-order chi connectivity index (χ1) is 17.4. The average Bonchev–Trinajstić information content (AvgIpc) is 3.43. The first kappa shape index (κ1) is 26.8. The highest BCUT2D eigenvalue weighted by atomic mass is 32.2. The molecule has 0 unspecified atom stereocenters. The van der Waals surface area contributed by atoms with Crippen LogP contribution in [0.25, 0.3) is 11.1 Å². The molecule has 1 saturated heterocycles. The fourth-order valence-corrected chi connectivity index (χ4v) is 5.54. The van der Waals surface area contributed by atoms with Gasteiger partial charge in [0.05, 0.1) is 23.3 Å². The van der Waals surface area contributed by atoms with Gasteiger partial charge in [0.25, 0.3) is 0 Å². The highest BCUT2D eigenvalue weighted by Gasteiger charge is 2.29. The Morgan fingerprint density at radius 1 is 1.19 bits per heavy atom. The van der Waals surface area contributed by atoms with Crippen LogP contribution in [0.1, 0.15) is 35.9 Å². The number of carbonyl (C=O) groups is 1. The molecule has 1 aliphatic heterocycles. The van der Waals surface area contributed by atoms with Gasteiger partial charge in [-0.15, -0.1) is 0 Å². The molecule has 1 aliphatic rings. The van der Waals surface area contributed by atoms with Gasteiger partial charge in [0.1, 0.15) is 11.6 Å². The van der Waals surface area contributed by atoms with Crippen LogP contribution in [0.4, 0.5) is 15.8 Å². The Balaban J connectivity index is 1.58. The van der Waals surface area contributed by atoms with Gasteiger partial charge in [-0.2, -0.15) is 0 Å². The van der Waals surface area contributed by atoms with E-state index in [0.29, 0.717) is 48.6 Å². The molecule has 0 radical (unpaired) electrons. The monoisotopic (exact) mass is 528 g/mol. The third-order valence-corrected chi connectivity index (χ3v) is 8.07. The van der Waals surface area contributed by atoms with E-state index < -0.39 is 15.9 Å². The Bertz CT molecular complexity index is 1400. The maximum atomic E-state index is 14.0. The second-order valence-electron chi connectivity index (χ2n) is 9.89. The summed E-state index contributed by atoms with van der Waals surface area (Å²) in [6, 6.07) is 10.6. The molecular weight excluding hydrogens is 495 g/mol. The van der Waals surface area contributed by atoms with Crippen LogP contribution in [0.2, 0.25) is 0 Å². The lowest BCUT2D eigenvalue weighted by atomic mass is 9.98. The maximum Gasteiger partial charge on any atom is 0.227 e. The highest BCUT2D eigenvalue weighted by molar-refractivity contribution is 7.88. The summed E-state index contributed by atoms with van der Waals surface area (Å²) in [6.07, 6.45) is 2.25. The number of rotatable bonds is 8. The van der Waals surface area contributed by atoms with E-state index >= 15 is 0 Å². The van der Waals surface area contributed by atoms with Crippen molar-refractivity contribution >= 4 is 27.3 Å². The number of aryl methyl sites for hydroxylation is 3. The van der Waals surface area contributed by atoms with E-state index in [1.807, 2.05) is 38.1 Å². The molecule has 0 aliphatic carbocycles. The lowest BCUT2D eigenvalue weighted by molar-refractivity contribution is -0.119. The average molecular weight is 529 g/mol. The molecule has 0 bridgehead atoms. The molecule has 1 aromatic heterocycles. The van der Waals surface area contributed by atoms with Crippen molar-refractivity contribution in [2.24, 2.45) is 5.92 Å². The van der Waals surface area contributed by atoms with Crippen LogP contribution in [-0.2, 0) is 21.2 Å². The number of hydrogen-bond donors (Lipinski definition) is 2. The number of halogens is 1. The Kier molecular flexibility index (Phi) is 7.70. The molecule has 0 saturated carbocycles. The van der Waals surface area contributed by atoms with Gasteiger partial charge in [-0.3, -0.25) is 4.79 Å². The predicted octanol–water partition coefficient (Wildman–Crippen LogP) is 4.67. The van der Waals surface area contributed by atoms with Crippen molar-refractivity contribution in [2.75, 3.05) is 30.0 Å². The summed E-state index contributed by atoms with van der Waals surface area (Å²) >= 11 is 0. The van der Waals surface area contributed by atoms with E-state index in [-0.39, 0.29) is 17.8 Å². The number of amides is 1. The van der Waals surface area contributed by atoms with Gasteiger partial charge in [0.2, 0.25) is 15.9 Å². The SMILES string of the molecule is Cc1ccc(C[C@@H](C)C(=O)Nc2cc(-c3c(C)noc3C)ccc2N[C@H]2CCN(S(C)(=O)=O)C2)cc1F. The molecule has 1 fully saturated rings. The molecular formula is C27H33FN4O4S. The van der Waals surface area contributed by atoms with Crippen LogP contribution in [0.5, 0.6) is 0 Å². The number of nitrogens with zero attached hydrogens (tertiary/aromatic N) is 2. The Hall–Kier alpha value is -3.24. The number of aromatic nitrogens is 1. The largest absolute Gasteiger partial charge is 0.379 e. The Morgan fingerprint density at radius 2 is 1.95 bits per heavy atom. The van der Waals surface area contributed by atoms with Crippen LogP contribution in [0.3, 0.4) is 0 Å². The molecule has 2 heterocycles. The summed E-state index contributed by atoms with van der Waals surface area (Å²) < 4.78 is 44.7. The van der Waals surface area contributed by atoms with Crippen molar-refractivity contribution in [3.8, 4) is 11.1 Å². The van der Waals surface area contributed by atoms with E-state index in [9.17, 15) is 17.6 Å². The maximum absolute atomic E-state index is 14.0. The minimum absolute atomic E-state index is 0.0942. The summed E-state index contributed by atoms with van der Waals surface area (Å²) in [6.45, 7) is 8.00. The molecule has 2 atom stereocenters. The minimum Gasteiger partial charge on any atom is -0.379 e. The normalized spacial score (nSPS) is 17.1. The summed E-state index contributed by atoms with van der Waals surface area (Å²) in [7, 11) is -3.27. The molecule has 10 heteroatoms. The van der Waals surface area contributed by atoms with Gasteiger partial charge >= 0.3 is 0 Å². The van der Waals surface area contributed by atoms with E-state index in [2.05, 4.69) is 15.8 Å². The van der Waals surface area contributed by atoms with Crippen molar-refractivity contribution in [1.29, 1.82) is 0 Å². The van der Waals surface area contributed by atoms with Crippen LogP contribution in [0, 0.1) is 32.5 Å². The molecule has 1 amide bonds. The number of benzene rings is 2. The van der Waals surface area contributed by atoms with Gasteiger partial charge in [-0.25, -0.2) is 17.1 Å². The van der Waals surface area contributed by atoms with Crippen molar-refractivity contribution in [2.45, 2.75) is 46.6 Å². The van der Waals surface area contributed by atoms with Crippen molar-refractivity contribution < 1.29 is 22.1 Å². The Labute approximate surface area is 217 Å². The first-order valence-electron chi connectivity index (χ1n) is 12.3. The first-order valence-corrected chi connectivity index (χ1v) is 14.1. The lowest BCUT2D eigenvalue weighted by Gasteiger charge is -2.20. The number of nitrogens with one attached hydrogen (secondary N) is 2. The highest BCUT2D eigenvalue weighted by Crippen LogP contribution is 2.34. The second-order valence-corrected chi connectivity index (χ2v) is 11.9. The van der Waals surface area contributed by atoms with Gasteiger partial charge in [0, 0.05) is 30.6 Å². The van der Waals surface area contributed by atoms with E-state index in [1.165, 1.54) is 16.6 Å². The van der Waals surface area contributed by atoms with Crippen molar-refractivity contribution in [3.05, 3.63) is 64.8 Å². The molecule has 4 rings (SSSR count). The van der Waals surface area contributed by atoms with E-state index in [1.54, 1.807) is 19.9 Å². The molecule has 2 aromatic carbocycles. The number of sulfonamides is 1. The molecule has 0 spiro atoms. The summed E-state index contributed by atoms with van der Waals surface area (Å²) in [5, 5.41) is 10.5. The number of anilines is 2. The number of hydrogen-bond acceptors (Lipinski definition) is 6. The zero-order valence-electron chi connectivity index (χ0n) is 21.8. The lowest BCUT2D eigenvalue weighted by Crippen LogP contribution is -2.31. The molecule has 2 N–H and O–H groups in total. The third-order valence-electron chi connectivity index (χ3n) is 6.80. The molecule has 198 valence electrons.